The second kappa shape index (κ2) is 6.26. The van der Waals surface area contributed by atoms with E-state index in [4.69, 9.17) is 5.73 Å². The molecule has 2 rings (SSSR count). The summed E-state index contributed by atoms with van der Waals surface area (Å²) in [4.78, 5) is 2.28. The lowest BCUT2D eigenvalue weighted by Gasteiger charge is -2.18. The van der Waals surface area contributed by atoms with Crippen molar-refractivity contribution in [1.82, 2.24) is 4.90 Å². The van der Waals surface area contributed by atoms with E-state index in [1.54, 1.807) is 12.1 Å². The van der Waals surface area contributed by atoms with Crippen LogP contribution < -0.4 is 5.73 Å². The minimum atomic E-state index is -3.63. The van der Waals surface area contributed by atoms with Crippen LogP contribution in [0.4, 0.5) is 5.69 Å². The lowest BCUT2D eigenvalue weighted by Crippen LogP contribution is -2.26. The summed E-state index contributed by atoms with van der Waals surface area (Å²) < 4.78 is 28.5. The summed E-state index contributed by atoms with van der Waals surface area (Å²) >= 11 is 0. The predicted molar refractivity (Wildman–Crippen MR) is 81.2 cm³/mol. The number of amidine groups is 1. The molecule has 0 saturated carbocycles. The Balaban J connectivity index is 2.21. The molecule has 0 aromatic heterocycles. The molecule has 2 N–H and O–H groups in total. The summed E-state index contributed by atoms with van der Waals surface area (Å²) in [5, 5.41) is 0. The number of benzene rings is 1. The summed E-state index contributed by atoms with van der Waals surface area (Å²) in [5.74, 6) is 0.690. The van der Waals surface area contributed by atoms with Crippen molar-refractivity contribution < 1.29 is 8.42 Å². The van der Waals surface area contributed by atoms with Crippen molar-refractivity contribution in [2.45, 2.75) is 37.5 Å². The molecule has 0 bridgehead atoms. The number of nitrogens with zero attached hydrogens (tertiary/aromatic N) is 2. The van der Waals surface area contributed by atoms with E-state index in [-0.39, 0.29) is 4.90 Å². The van der Waals surface area contributed by atoms with Crippen molar-refractivity contribution in [3.63, 3.8) is 0 Å². The third-order valence-corrected chi connectivity index (χ3v) is 4.70. The van der Waals surface area contributed by atoms with Crippen LogP contribution in [0.5, 0.6) is 0 Å². The van der Waals surface area contributed by atoms with E-state index in [0.29, 0.717) is 11.5 Å². The van der Waals surface area contributed by atoms with E-state index < -0.39 is 10.0 Å². The minimum absolute atomic E-state index is 0.196. The average Bonchev–Trinajstić information content (AvgIpc) is 2.83. The Morgan fingerprint density at radius 2 is 2.00 bits per heavy atom. The molecule has 0 aliphatic carbocycles. The molecule has 1 saturated heterocycles. The summed E-state index contributed by atoms with van der Waals surface area (Å²) in [5.41, 5.74) is 6.12. The fourth-order valence-corrected chi connectivity index (χ4v) is 3.31. The van der Waals surface area contributed by atoms with Crippen LogP contribution >= 0.6 is 0 Å². The first-order valence-corrected chi connectivity index (χ1v) is 8.41. The Bertz CT molecular complexity index is 579. The topological polar surface area (TPSA) is 75.8 Å². The summed E-state index contributed by atoms with van der Waals surface area (Å²) in [7, 11) is -3.63. The third kappa shape index (κ3) is 3.50. The van der Waals surface area contributed by atoms with Crippen molar-refractivity contribution in [1.29, 1.82) is 0 Å². The number of hydrogen-bond donors (Lipinski definition) is 1. The molecular formula is C14H21N3O2S. The lowest BCUT2D eigenvalue weighted by atomic mass is 10.3. The Labute approximate surface area is 120 Å². The summed E-state index contributed by atoms with van der Waals surface area (Å²) in [6.45, 7) is 3.90. The molecule has 0 radical (unpaired) electrons. The van der Waals surface area contributed by atoms with Gasteiger partial charge >= 0.3 is 0 Å². The third-order valence-electron chi connectivity index (χ3n) is 3.38. The second-order valence-corrected chi connectivity index (χ2v) is 6.60. The molecule has 0 spiro atoms. The number of hydrogen-bond acceptors (Lipinski definition) is 3. The highest BCUT2D eigenvalue weighted by atomic mass is 32.2. The van der Waals surface area contributed by atoms with Gasteiger partial charge in [-0.15, -0.1) is 4.40 Å². The highest BCUT2D eigenvalue weighted by molar-refractivity contribution is 7.90. The monoisotopic (exact) mass is 295 g/mol. The number of sulfonamides is 1. The van der Waals surface area contributed by atoms with Gasteiger partial charge in [0.2, 0.25) is 0 Å². The number of nitrogens with two attached hydrogens (primary N) is 1. The van der Waals surface area contributed by atoms with E-state index in [2.05, 4.69) is 16.2 Å². The molecule has 1 fully saturated rings. The lowest BCUT2D eigenvalue weighted by molar-refractivity contribution is 0.440. The normalized spacial score (nSPS) is 17.9. The van der Waals surface area contributed by atoms with Gasteiger partial charge in [0.1, 0.15) is 5.84 Å². The largest absolute Gasteiger partial charge is 0.399 e. The molecule has 1 aromatic carbocycles. The van der Waals surface area contributed by atoms with Crippen LogP contribution in [0.2, 0.25) is 0 Å². The van der Waals surface area contributed by atoms with Crippen molar-refractivity contribution in [3.05, 3.63) is 24.3 Å². The van der Waals surface area contributed by atoms with Crippen molar-refractivity contribution in [2.24, 2.45) is 4.40 Å². The highest BCUT2D eigenvalue weighted by Gasteiger charge is 2.22. The van der Waals surface area contributed by atoms with Gasteiger partial charge in [-0.05, 0) is 37.1 Å². The van der Waals surface area contributed by atoms with Gasteiger partial charge in [-0.3, -0.25) is 0 Å². The molecule has 0 atom stereocenters. The van der Waals surface area contributed by atoms with Gasteiger partial charge in [-0.2, -0.15) is 8.42 Å². The first-order chi connectivity index (χ1) is 9.53. The van der Waals surface area contributed by atoms with Gasteiger partial charge in [0.25, 0.3) is 10.0 Å². The van der Waals surface area contributed by atoms with E-state index in [1.165, 1.54) is 12.1 Å². The smallest absolute Gasteiger partial charge is 0.283 e. The Morgan fingerprint density at radius 3 is 2.65 bits per heavy atom. The number of anilines is 1. The number of likely N-dealkylation sites (tertiary alicyclic amines) is 1. The molecule has 110 valence electrons. The van der Waals surface area contributed by atoms with Crippen LogP contribution in [0, 0.1) is 0 Å². The minimum Gasteiger partial charge on any atom is -0.399 e. The maximum absolute atomic E-state index is 12.3. The predicted octanol–water partition coefficient (Wildman–Crippen LogP) is 2.25. The quantitative estimate of drug-likeness (QED) is 0.845. The molecule has 1 aromatic rings. The Kier molecular flexibility index (Phi) is 4.65. The zero-order chi connectivity index (χ0) is 14.6. The fraction of sp³-hybridized carbons (Fsp3) is 0.500. The molecule has 0 unspecified atom stereocenters. The number of nitrogen functional groups attached to an aromatic ring is 1. The zero-order valence-corrected chi connectivity index (χ0v) is 12.6. The van der Waals surface area contributed by atoms with Gasteiger partial charge in [0.05, 0.1) is 4.90 Å². The Hall–Kier alpha value is -1.56. The van der Waals surface area contributed by atoms with Gasteiger partial charge in [0, 0.05) is 25.2 Å². The van der Waals surface area contributed by atoms with Gasteiger partial charge in [-0.1, -0.05) is 13.3 Å². The molecule has 1 heterocycles. The van der Waals surface area contributed by atoms with Gasteiger partial charge in [-0.25, -0.2) is 0 Å². The van der Waals surface area contributed by atoms with Crippen LogP contribution in [-0.2, 0) is 10.0 Å². The van der Waals surface area contributed by atoms with Crippen molar-refractivity contribution in [3.8, 4) is 0 Å². The highest BCUT2D eigenvalue weighted by Crippen LogP contribution is 2.19. The second-order valence-electron chi connectivity index (χ2n) is 5.00. The van der Waals surface area contributed by atoms with Crippen LogP contribution in [0.25, 0.3) is 0 Å². The SMILES string of the molecule is CCCCN1CCCC1=NS(=O)(=O)c1ccc(N)cc1. The number of rotatable bonds is 5. The molecule has 20 heavy (non-hydrogen) atoms. The molecule has 0 amide bonds. The molecule has 5 nitrogen and oxygen atoms in total. The average molecular weight is 295 g/mol. The zero-order valence-electron chi connectivity index (χ0n) is 11.7. The van der Waals surface area contributed by atoms with E-state index in [1.807, 2.05) is 0 Å². The van der Waals surface area contributed by atoms with Crippen molar-refractivity contribution in [2.75, 3.05) is 18.8 Å². The van der Waals surface area contributed by atoms with Crippen molar-refractivity contribution >= 4 is 21.5 Å². The summed E-state index contributed by atoms with van der Waals surface area (Å²) in [6, 6.07) is 6.16. The standard InChI is InChI=1S/C14H21N3O2S/c1-2-3-10-17-11-4-5-14(17)16-20(18,19)13-8-6-12(15)7-9-13/h6-9H,2-5,10-11,15H2,1H3. The maximum atomic E-state index is 12.3. The van der Waals surface area contributed by atoms with Crippen LogP contribution in [0.1, 0.15) is 32.6 Å². The first kappa shape index (κ1) is 14.8. The van der Waals surface area contributed by atoms with E-state index in [9.17, 15) is 8.42 Å². The first-order valence-electron chi connectivity index (χ1n) is 6.97. The van der Waals surface area contributed by atoms with Gasteiger partial charge < -0.3 is 10.6 Å². The van der Waals surface area contributed by atoms with E-state index in [0.717, 1.165) is 38.8 Å². The maximum Gasteiger partial charge on any atom is 0.283 e. The fourth-order valence-electron chi connectivity index (χ4n) is 2.24. The van der Waals surface area contributed by atoms with Gasteiger partial charge in [0.15, 0.2) is 0 Å². The molecule has 1 aliphatic heterocycles. The molecule has 6 heteroatoms. The molecule has 1 aliphatic rings. The van der Waals surface area contributed by atoms with E-state index >= 15 is 0 Å². The van der Waals surface area contributed by atoms with Crippen LogP contribution in [0.3, 0.4) is 0 Å². The number of unbranched alkanes of at least 4 members (excludes halogenated alkanes) is 1. The summed E-state index contributed by atoms with van der Waals surface area (Å²) in [6.07, 6.45) is 3.85. The van der Waals surface area contributed by atoms with Crippen LogP contribution in [0.15, 0.2) is 33.6 Å². The molecular weight excluding hydrogens is 274 g/mol. The Morgan fingerprint density at radius 1 is 1.30 bits per heavy atom. The van der Waals surface area contributed by atoms with Crippen LogP contribution in [-0.4, -0.2) is 32.2 Å².